The summed E-state index contributed by atoms with van der Waals surface area (Å²) in [6, 6.07) is 1.87. The van der Waals surface area contributed by atoms with Gasteiger partial charge in [0.1, 0.15) is 12.4 Å². The molecule has 66 valence electrons. The lowest BCUT2D eigenvalue weighted by Crippen LogP contribution is -2.10. The largest absolute Gasteiger partial charge is 0.386 e. The first-order valence-electron chi connectivity index (χ1n) is 3.84. The minimum Gasteiger partial charge on any atom is -0.386 e. The van der Waals surface area contributed by atoms with Gasteiger partial charge >= 0.3 is 0 Å². The summed E-state index contributed by atoms with van der Waals surface area (Å²) >= 11 is 0. The van der Waals surface area contributed by atoms with Crippen molar-refractivity contribution in [1.82, 2.24) is 9.78 Å². The normalized spacial score (nSPS) is 12.8. The molecule has 0 spiro atoms. The van der Waals surface area contributed by atoms with Crippen molar-refractivity contribution in [2.75, 3.05) is 0 Å². The second-order valence-corrected chi connectivity index (χ2v) is 2.69. The molecule has 0 aliphatic heterocycles. The Morgan fingerprint density at radius 1 is 1.83 bits per heavy atom. The van der Waals surface area contributed by atoms with Gasteiger partial charge < -0.3 is 9.90 Å². The van der Waals surface area contributed by atoms with E-state index in [4.69, 9.17) is 5.11 Å². The van der Waals surface area contributed by atoms with Crippen molar-refractivity contribution in [3.05, 3.63) is 18.0 Å². The van der Waals surface area contributed by atoms with E-state index in [0.717, 1.165) is 5.69 Å². The molecule has 1 unspecified atom stereocenters. The fourth-order valence-corrected chi connectivity index (χ4v) is 1.01. The molecule has 0 radical (unpaired) electrons. The van der Waals surface area contributed by atoms with Crippen LogP contribution in [0.3, 0.4) is 0 Å². The number of rotatable bonds is 4. The molecule has 0 saturated heterocycles. The zero-order chi connectivity index (χ0) is 8.97. The fourth-order valence-electron chi connectivity index (χ4n) is 1.01. The molecule has 1 N–H and O–H groups in total. The molecule has 1 aromatic rings. The Bertz CT molecular complexity index is 257. The zero-order valence-electron chi connectivity index (χ0n) is 6.97. The summed E-state index contributed by atoms with van der Waals surface area (Å²) in [5.74, 6) is 0. The Hall–Kier alpha value is -1.16. The van der Waals surface area contributed by atoms with Gasteiger partial charge in [-0.05, 0) is 18.9 Å². The van der Waals surface area contributed by atoms with Gasteiger partial charge in [-0.1, -0.05) is 0 Å². The molecule has 0 saturated carbocycles. The van der Waals surface area contributed by atoms with E-state index in [1.807, 2.05) is 13.1 Å². The number of aldehydes is 1. The second kappa shape index (κ2) is 4.01. The van der Waals surface area contributed by atoms with Crippen molar-refractivity contribution in [2.24, 2.45) is 7.05 Å². The first kappa shape index (κ1) is 8.93. The van der Waals surface area contributed by atoms with Gasteiger partial charge in [0, 0.05) is 18.9 Å². The lowest BCUT2D eigenvalue weighted by Gasteiger charge is -2.02. The van der Waals surface area contributed by atoms with Gasteiger partial charge in [0.05, 0.1) is 0 Å². The molecule has 1 rings (SSSR count). The molecule has 0 fully saturated rings. The molecule has 0 aliphatic rings. The van der Waals surface area contributed by atoms with Crippen LogP contribution >= 0.6 is 0 Å². The van der Waals surface area contributed by atoms with Crippen molar-refractivity contribution >= 4 is 6.29 Å². The van der Waals surface area contributed by atoms with Crippen LogP contribution in [0.2, 0.25) is 0 Å². The van der Waals surface area contributed by atoms with Gasteiger partial charge in [0.2, 0.25) is 0 Å². The third-order valence-electron chi connectivity index (χ3n) is 1.78. The first-order chi connectivity index (χ1) is 5.74. The number of hydrogen-bond donors (Lipinski definition) is 1. The van der Waals surface area contributed by atoms with Crippen LogP contribution in [0, 0.1) is 0 Å². The van der Waals surface area contributed by atoms with Crippen molar-refractivity contribution < 1.29 is 9.90 Å². The molecular formula is C8H12N2O2. The number of aliphatic hydroxyl groups excluding tert-OH is 1. The summed E-state index contributed by atoms with van der Waals surface area (Å²) in [6.07, 6.45) is 2.54. The highest BCUT2D eigenvalue weighted by molar-refractivity contribution is 5.55. The lowest BCUT2D eigenvalue weighted by atomic mass is 10.2. The molecule has 1 aromatic heterocycles. The molecular weight excluding hydrogens is 156 g/mol. The summed E-state index contributed by atoms with van der Waals surface area (Å²) < 4.78 is 1.73. The highest BCUT2D eigenvalue weighted by atomic mass is 16.3. The summed E-state index contributed by atoms with van der Waals surface area (Å²) in [5.41, 5.74) is 1.02. The van der Waals surface area contributed by atoms with Gasteiger partial charge in [-0.2, -0.15) is 5.10 Å². The zero-order valence-corrected chi connectivity index (χ0v) is 6.97. The Kier molecular flexibility index (Phi) is 2.99. The van der Waals surface area contributed by atoms with Crippen LogP contribution < -0.4 is 0 Å². The standard InChI is InChI=1S/C8H12N2O2/c1-10-7(4-5-9-10)2-3-8(12)6-11/h4-6,8,12H,2-3H2,1H3. The van der Waals surface area contributed by atoms with Crippen LogP contribution in [0.15, 0.2) is 12.3 Å². The second-order valence-electron chi connectivity index (χ2n) is 2.69. The van der Waals surface area contributed by atoms with Crippen LogP contribution in [0.5, 0.6) is 0 Å². The predicted molar refractivity (Wildman–Crippen MR) is 43.6 cm³/mol. The Balaban J connectivity index is 2.43. The highest BCUT2D eigenvalue weighted by Crippen LogP contribution is 2.02. The van der Waals surface area contributed by atoms with Crippen molar-refractivity contribution in [3.8, 4) is 0 Å². The lowest BCUT2D eigenvalue weighted by molar-refractivity contribution is -0.115. The average Bonchev–Trinajstić information content (AvgIpc) is 2.47. The van der Waals surface area contributed by atoms with Crippen molar-refractivity contribution in [3.63, 3.8) is 0 Å². The Labute approximate surface area is 70.8 Å². The van der Waals surface area contributed by atoms with E-state index in [0.29, 0.717) is 19.1 Å². The van der Waals surface area contributed by atoms with Crippen LogP contribution in [0.25, 0.3) is 0 Å². The van der Waals surface area contributed by atoms with Gasteiger partial charge in [-0.15, -0.1) is 0 Å². The molecule has 1 atom stereocenters. The van der Waals surface area contributed by atoms with E-state index in [1.165, 1.54) is 0 Å². The maximum Gasteiger partial charge on any atom is 0.148 e. The Morgan fingerprint density at radius 2 is 2.58 bits per heavy atom. The Morgan fingerprint density at radius 3 is 3.08 bits per heavy atom. The summed E-state index contributed by atoms with van der Waals surface area (Å²) in [4.78, 5) is 10.1. The molecule has 0 amide bonds. The first-order valence-corrected chi connectivity index (χ1v) is 3.84. The van der Waals surface area contributed by atoms with Gasteiger partial charge in [0.15, 0.2) is 0 Å². The maximum atomic E-state index is 10.1. The smallest absolute Gasteiger partial charge is 0.148 e. The monoisotopic (exact) mass is 168 g/mol. The van der Waals surface area contributed by atoms with Crippen LogP contribution in [0.1, 0.15) is 12.1 Å². The van der Waals surface area contributed by atoms with E-state index < -0.39 is 6.10 Å². The number of aliphatic hydroxyl groups is 1. The van der Waals surface area contributed by atoms with E-state index in [1.54, 1.807) is 10.9 Å². The summed E-state index contributed by atoms with van der Waals surface area (Å²) in [6.45, 7) is 0. The number of aryl methyl sites for hydroxylation is 2. The van der Waals surface area contributed by atoms with Gasteiger partial charge in [-0.25, -0.2) is 0 Å². The number of hydrogen-bond acceptors (Lipinski definition) is 3. The minimum absolute atomic E-state index is 0.461. The van der Waals surface area contributed by atoms with Gasteiger partial charge in [0.25, 0.3) is 0 Å². The SMILES string of the molecule is Cn1nccc1CCC(O)C=O. The third-order valence-corrected chi connectivity index (χ3v) is 1.78. The van der Waals surface area contributed by atoms with Crippen molar-refractivity contribution in [2.45, 2.75) is 18.9 Å². The number of carbonyl (C=O) groups excluding carboxylic acids is 1. The molecule has 1 heterocycles. The van der Waals surface area contributed by atoms with E-state index in [-0.39, 0.29) is 0 Å². The minimum atomic E-state index is -0.847. The average molecular weight is 168 g/mol. The predicted octanol–water partition coefficient (Wildman–Crippen LogP) is -0.0875. The molecule has 0 aromatic carbocycles. The number of nitrogens with zero attached hydrogens (tertiary/aromatic N) is 2. The molecule has 4 heteroatoms. The topological polar surface area (TPSA) is 55.1 Å². The highest BCUT2D eigenvalue weighted by Gasteiger charge is 2.03. The van der Waals surface area contributed by atoms with E-state index in [2.05, 4.69) is 5.10 Å². The van der Waals surface area contributed by atoms with E-state index >= 15 is 0 Å². The van der Waals surface area contributed by atoms with Crippen LogP contribution in [-0.4, -0.2) is 27.3 Å². The number of aromatic nitrogens is 2. The number of carbonyl (C=O) groups is 1. The van der Waals surface area contributed by atoms with Crippen LogP contribution in [0.4, 0.5) is 0 Å². The molecule has 4 nitrogen and oxygen atoms in total. The maximum absolute atomic E-state index is 10.1. The molecule has 12 heavy (non-hydrogen) atoms. The fraction of sp³-hybridized carbons (Fsp3) is 0.500. The van der Waals surface area contributed by atoms with Gasteiger partial charge in [-0.3, -0.25) is 4.68 Å². The molecule has 0 bridgehead atoms. The summed E-state index contributed by atoms with van der Waals surface area (Å²) in [5, 5.41) is 12.9. The van der Waals surface area contributed by atoms with Crippen molar-refractivity contribution in [1.29, 1.82) is 0 Å². The quantitative estimate of drug-likeness (QED) is 0.639. The molecule has 0 aliphatic carbocycles. The van der Waals surface area contributed by atoms with Crippen LogP contribution in [-0.2, 0) is 18.3 Å². The third kappa shape index (κ3) is 2.17. The summed E-state index contributed by atoms with van der Waals surface area (Å²) in [7, 11) is 1.84. The van der Waals surface area contributed by atoms with E-state index in [9.17, 15) is 4.79 Å².